The molecule has 14 heavy (non-hydrogen) atoms. The number of hydrogen-bond donors (Lipinski definition) is 2. The molecule has 1 unspecified atom stereocenters. The van der Waals surface area contributed by atoms with E-state index in [0.29, 0.717) is 11.3 Å². The number of halogens is 1. The fourth-order valence-electron chi connectivity index (χ4n) is 1.21. The fraction of sp³-hybridized carbons (Fsp3) is 0.100. The topological polar surface area (TPSA) is 44.6 Å². The molecule has 0 aliphatic carbocycles. The third-order valence-corrected chi connectivity index (χ3v) is 1.87. The highest BCUT2D eigenvalue weighted by Gasteiger charge is 2.07. The molecule has 0 fully saturated rings. The van der Waals surface area contributed by atoms with Crippen molar-refractivity contribution < 1.29 is 9.50 Å². The first-order chi connectivity index (χ1) is 6.75. The van der Waals surface area contributed by atoms with E-state index >= 15 is 0 Å². The third-order valence-electron chi connectivity index (χ3n) is 1.87. The second-order valence-electron chi connectivity index (χ2n) is 2.94. The molecule has 1 aromatic carbocycles. The van der Waals surface area contributed by atoms with Crippen LogP contribution in [0.25, 0.3) is 0 Å². The molecule has 0 bridgehead atoms. The van der Waals surface area contributed by atoms with Gasteiger partial charge in [-0.05, 0) is 24.3 Å². The van der Waals surface area contributed by atoms with E-state index in [4.69, 9.17) is 5.11 Å². The van der Waals surface area contributed by atoms with Gasteiger partial charge in [0.15, 0.2) is 6.23 Å². The molecule has 1 aliphatic rings. The molecule has 1 atom stereocenters. The van der Waals surface area contributed by atoms with Crippen LogP contribution in [0.15, 0.2) is 41.5 Å². The van der Waals surface area contributed by atoms with Gasteiger partial charge in [0, 0.05) is 5.56 Å². The summed E-state index contributed by atoms with van der Waals surface area (Å²) in [5.74, 6) is -0.301. The number of nitrogens with zero attached hydrogens (tertiary/aromatic N) is 1. The highest BCUT2D eigenvalue weighted by atomic mass is 19.1. The number of rotatable bonds is 1. The molecular formula is C10H9FN2O. The SMILES string of the molecule is OC1C=CC(c2cccc(F)c2)=NN1. The van der Waals surface area contributed by atoms with Crippen LogP contribution in [0, 0.1) is 5.82 Å². The summed E-state index contributed by atoms with van der Waals surface area (Å²) in [6.45, 7) is 0. The van der Waals surface area contributed by atoms with Gasteiger partial charge in [0.25, 0.3) is 0 Å². The minimum Gasteiger partial charge on any atom is -0.369 e. The lowest BCUT2D eigenvalue weighted by atomic mass is 10.1. The average molecular weight is 192 g/mol. The molecule has 72 valence electrons. The molecule has 2 N–H and O–H groups in total. The van der Waals surface area contributed by atoms with Crippen LogP contribution in [0.5, 0.6) is 0 Å². The van der Waals surface area contributed by atoms with E-state index in [1.807, 2.05) is 0 Å². The number of aliphatic hydroxyl groups is 1. The average Bonchev–Trinajstić information content (AvgIpc) is 2.19. The first-order valence-corrected chi connectivity index (χ1v) is 4.21. The normalized spacial score (nSPS) is 20.1. The van der Waals surface area contributed by atoms with Crippen molar-refractivity contribution in [2.24, 2.45) is 5.10 Å². The quantitative estimate of drug-likeness (QED) is 0.697. The molecule has 2 rings (SSSR count). The molecule has 0 radical (unpaired) electrons. The van der Waals surface area contributed by atoms with Gasteiger partial charge in [-0.25, -0.2) is 4.39 Å². The molecule has 0 spiro atoms. The van der Waals surface area contributed by atoms with Crippen LogP contribution in [-0.2, 0) is 0 Å². The van der Waals surface area contributed by atoms with Crippen LogP contribution in [0.3, 0.4) is 0 Å². The molecule has 1 aliphatic heterocycles. The zero-order valence-electron chi connectivity index (χ0n) is 7.31. The van der Waals surface area contributed by atoms with Crippen LogP contribution in [0.4, 0.5) is 4.39 Å². The van der Waals surface area contributed by atoms with Gasteiger partial charge in [0.1, 0.15) is 5.82 Å². The molecule has 0 saturated heterocycles. The number of allylic oxidation sites excluding steroid dienone is 1. The Kier molecular flexibility index (Phi) is 2.28. The van der Waals surface area contributed by atoms with Gasteiger partial charge in [-0.1, -0.05) is 12.1 Å². The Morgan fingerprint density at radius 2 is 2.29 bits per heavy atom. The second-order valence-corrected chi connectivity index (χ2v) is 2.94. The smallest absolute Gasteiger partial charge is 0.159 e. The van der Waals surface area contributed by atoms with Crippen LogP contribution in [-0.4, -0.2) is 17.0 Å². The molecule has 0 saturated carbocycles. The Morgan fingerprint density at radius 1 is 1.43 bits per heavy atom. The lowest BCUT2D eigenvalue weighted by Gasteiger charge is -2.12. The summed E-state index contributed by atoms with van der Waals surface area (Å²) in [4.78, 5) is 0. The number of nitrogens with one attached hydrogen (secondary N) is 1. The van der Waals surface area contributed by atoms with Crippen molar-refractivity contribution in [2.75, 3.05) is 0 Å². The Morgan fingerprint density at radius 3 is 2.93 bits per heavy atom. The minimum atomic E-state index is -0.757. The van der Waals surface area contributed by atoms with E-state index in [2.05, 4.69) is 10.5 Å². The summed E-state index contributed by atoms with van der Waals surface area (Å²) in [6, 6.07) is 6.14. The Labute approximate surface area is 80.6 Å². The molecule has 4 heteroatoms. The number of hydrazone groups is 1. The summed E-state index contributed by atoms with van der Waals surface area (Å²) < 4.78 is 12.8. The first kappa shape index (κ1) is 8.90. The monoisotopic (exact) mass is 192 g/mol. The molecule has 0 amide bonds. The van der Waals surface area contributed by atoms with E-state index in [-0.39, 0.29) is 5.82 Å². The van der Waals surface area contributed by atoms with Gasteiger partial charge in [-0.2, -0.15) is 5.10 Å². The molecule has 1 heterocycles. The number of benzene rings is 1. The second kappa shape index (κ2) is 3.59. The lowest BCUT2D eigenvalue weighted by molar-refractivity contribution is 0.185. The van der Waals surface area contributed by atoms with E-state index in [1.54, 1.807) is 24.3 Å². The van der Waals surface area contributed by atoms with Gasteiger partial charge in [0.2, 0.25) is 0 Å². The lowest BCUT2D eigenvalue weighted by Crippen LogP contribution is -2.26. The van der Waals surface area contributed by atoms with Crippen LogP contribution in [0.1, 0.15) is 5.56 Å². The highest BCUT2D eigenvalue weighted by Crippen LogP contribution is 2.07. The van der Waals surface area contributed by atoms with Crippen molar-refractivity contribution in [3.05, 3.63) is 47.8 Å². The summed E-state index contributed by atoms with van der Waals surface area (Å²) in [7, 11) is 0. The minimum absolute atomic E-state index is 0.301. The number of hydrogen-bond acceptors (Lipinski definition) is 3. The van der Waals surface area contributed by atoms with Crippen molar-refractivity contribution in [2.45, 2.75) is 6.23 Å². The summed E-state index contributed by atoms with van der Waals surface area (Å²) in [5, 5.41) is 12.9. The molecular weight excluding hydrogens is 183 g/mol. The zero-order valence-corrected chi connectivity index (χ0v) is 7.31. The predicted octanol–water partition coefficient (Wildman–Crippen LogP) is 1.01. The van der Waals surface area contributed by atoms with Gasteiger partial charge < -0.3 is 5.11 Å². The van der Waals surface area contributed by atoms with E-state index < -0.39 is 6.23 Å². The van der Waals surface area contributed by atoms with Gasteiger partial charge in [0.05, 0.1) is 5.71 Å². The third kappa shape index (κ3) is 1.80. The summed E-state index contributed by atoms with van der Waals surface area (Å²) in [5.41, 5.74) is 3.77. The summed E-state index contributed by atoms with van der Waals surface area (Å²) in [6.07, 6.45) is 2.44. The maximum Gasteiger partial charge on any atom is 0.159 e. The van der Waals surface area contributed by atoms with Crippen molar-refractivity contribution >= 4 is 5.71 Å². The molecule has 1 aromatic rings. The fourth-order valence-corrected chi connectivity index (χ4v) is 1.21. The van der Waals surface area contributed by atoms with Crippen molar-refractivity contribution in [1.82, 2.24) is 5.43 Å². The first-order valence-electron chi connectivity index (χ1n) is 4.21. The van der Waals surface area contributed by atoms with E-state index in [1.165, 1.54) is 12.1 Å². The molecule has 3 nitrogen and oxygen atoms in total. The van der Waals surface area contributed by atoms with Gasteiger partial charge >= 0.3 is 0 Å². The Bertz CT molecular complexity index is 401. The highest BCUT2D eigenvalue weighted by molar-refractivity contribution is 6.08. The predicted molar refractivity (Wildman–Crippen MR) is 51.2 cm³/mol. The van der Waals surface area contributed by atoms with E-state index in [0.717, 1.165) is 0 Å². The van der Waals surface area contributed by atoms with Crippen LogP contribution in [0.2, 0.25) is 0 Å². The molecule has 0 aromatic heterocycles. The van der Waals surface area contributed by atoms with E-state index in [9.17, 15) is 4.39 Å². The Hall–Kier alpha value is -1.68. The van der Waals surface area contributed by atoms with Crippen molar-refractivity contribution in [1.29, 1.82) is 0 Å². The van der Waals surface area contributed by atoms with Crippen LogP contribution < -0.4 is 5.43 Å². The Balaban J connectivity index is 2.29. The number of aliphatic hydroxyl groups excluding tert-OH is 1. The van der Waals surface area contributed by atoms with Crippen molar-refractivity contribution in [3.8, 4) is 0 Å². The largest absolute Gasteiger partial charge is 0.369 e. The zero-order chi connectivity index (χ0) is 9.97. The standard InChI is InChI=1S/C10H9FN2O/c11-8-3-1-2-7(6-8)9-4-5-10(14)13-12-9/h1-6,10,13-14H. The summed E-state index contributed by atoms with van der Waals surface area (Å²) >= 11 is 0. The van der Waals surface area contributed by atoms with Gasteiger partial charge in [-0.3, -0.25) is 5.43 Å². The van der Waals surface area contributed by atoms with Gasteiger partial charge in [-0.15, -0.1) is 0 Å². The maximum atomic E-state index is 12.8. The van der Waals surface area contributed by atoms with Crippen LogP contribution >= 0.6 is 0 Å². The van der Waals surface area contributed by atoms with Crippen molar-refractivity contribution in [3.63, 3.8) is 0 Å². The maximum absolute atomic E-state index is 12.8.